The molecular formula is C27H39NO5S. The van der Waals surface area contributed by atoms with E-state index in [1.807, 2.05) is 57.4 Å². The first-order valence-corrected chi connectivity index (χ1v) is 12.7. The average Bonchev–Trinajstić information content (AvgIpc) is 3.18. The Balaban J connectivity index is 2.37. The Bertz CT molecular complexity index is 958. The Morgan fingerprint density at radius 1 is 1.24 bits per heavy atom. The van der Waals surface area contributed by atoms with Gasteiger partial charge in [0.2, 0.25) is 0 Å². The monoisotopic (exact) mass is 489 g/mol. The lowest BCUT2D eigenvalue weighted by Gasteiger charge is -2.34. The number of Topliss-reactive ketones (excluding diaryl/α,β-unsaturated/α-hetero) is 1. The van der Waals surface area contributed by atoms with Crippen molar-refractivity contribution in [3.8, 4) is 0 Å². The van der Waals surface area contributed by atoms with Gasteiger partial charge in [0.05, 0.1) is 34.7 Å². The maximum absolute atomic E-state index is 13.1. The number of rotatable bonds is 2. The second-order valence-electron chi connectivity index (χ2n) is 10.0. The van der Waals surface area contributed by atoms with Crippen molar-refractivity contribution in [3.63, 3.8) is 0 Å². The fraction of sp³-hybridized carbons (Fsp3) is 0.593. The minimum absolute atomic E-state index is 0.225. The summed E-state index contributed by atoms with van der Waals surface area (Å²) in [5.41, 5.74) is 1.57. The molecule has 0 unspecified atom stereocenters. The summed E-state index contributed by atoms with van der Waals surface area (Å²) in [5.74, 6) is -1.77. The van der Waals surface area contributed by atoms with Crippen LogP contribution in [-0.2, 0) is 14.3 Å². The maximum Gasteiger partial charge on any atom is 0.309 e. The molecule has 5 atom stereocenters. The van der Waals surface area contributed by atoms with Crippen molar-refractivity contribution < 1.29 is 24.5 Å². The van der Waals surface area contributed by atoms with Crippen LogP contribution in [0.1, 0.15) is 71.5 Å². The van der Waals surface area contributed by atoms with E-state index in [4.69, 9.17) is 4.74 Å². The number of esters is 1. The number of ketones is 1. The number of carbonyl (C=O) groups is 2. The summed E-state index contributed by atoms with van der Waals surface area (Å²) in [7, 11) is 0. The van der Waals surface area contributed by atoms with E-state index in [0.717, 1.165) is 21.8 Å². The lowest BCUT2D eigenvalue weighted by molar-refractivity contribution is -0.154. The van der Waals surface area contributed by atoms with Crippen LogP contribution in [0, 0.1) is 24.2 Å². The van der Waals surface area contributed by atoms with Crippen LogP contribution in [0.4, 0.5) is 0 Å². The van der Waals surface area contributed by atoms with E-state index >= 15 is 0 Å². The van der Waals surface area contributed by atoms with E-state index in [0.29, 0.717) is 12.8 Å². The summed E-state index contributed by atoms with van der Waals surface area (Å²) in [6, 6.07) is 0. The van der Waals surface area contributed by atoms with Gasteiger partial charge < -0.3 is 14.9 Å². The first kappa shape index (κ1) is 28.1. The molecule has 0 fully saturated rings. The fourth-order valence-corrected chi connectivity index (χ4v) is 4.62. The van der Waals surface area contributed by atoms with Gasteiger partial charge in [0.25, 0.3) is 0 Å². The summed E-state index contributed by atoms with van der Waals surface area (Å²) in [4.78, 5) is 30.4. The summed E-state index contributed by atoms with van der Waals surface area (Å²) in [6.07, 6.45) is 6.13. The highest BCUT2D eigenvalue weighted by Gasteiger charge is 2.42. The molecule has 0 radical (unpaired) electrons. The Labute approximate surface area is 207 Å². The number of nitrogens with zero attached hydrogens (tertiary/aromatic N) is 1. The zero-order chi connectivity index (χ0) is 25.6. The molecule has 6 nitrogen and oxygen atoms in total. The number of cyclic esters (lactones) is 1. The van der Waals surface area contributed by atoms with Gasteiger partial charge in [0.15, 0.2) is 0 Å². The number of ether oxygens (including phenoxy) is 1. The van der Waals surface area contributed by atoms with E-state index in [1.165, 1.54) is 0 Å². The van der Waals surface area contributed by atoms with E-state index < -0.39 is 35.6 Å². The third-order valence-corrected chi connectivity index (χ3v) is 7.44. The van der Waals surface area contributed by atoms with E-state index in [2.05, 4.69) is 4.98 Å². The van der Waals surface area contributed by atoms with Gasteiger partial charge in [-0.05, 0) is 38.8 Å². The number of carbonyl (C=O) groups excluding carboxylic acids is 2. The molecule has 0 bridgehead atoms. The van der Waals surface area contributed by atoms with Gasteiger partial charge in [-0.2, -0.15) is 0 Å². The van der Waals surface area contributed by atoms with Crippen molar-refractivity contribution in [2.45, 2.75) is 86.0 Å². The van der Waals surface area contributed by atoms with E-state index in [-0.39, 0.29) is 18.1 Å². The van der Waals surface area contributed by atoms with Gasteiger partial charge in [0, 0.05) is 23.6 Å². The van der Waals surface area contributed by atoms with Gasteiger partial charge in [-0.1, -0.05) is 51.5 Å². The Morgan fingerprint density at radius 2 is 1.91 bits per heavy atom. The molecule has 0 saturated heterocycles. The smallest absolute Gasteiger partial charge is 0.309 e. The summed E-state index contributed by atoms with van der Waals surface area (Å²) < 4.78 is 5.79. The van der Waals surface area contributed by atoms with Crippen molar-refractivity contribution in [1.29, 1.82) is 0 Å². The number of hydrogen-bond donors (Lipinski definition) is 2. The predicted molar refractivity (Wildman–Crippen MR) is 136 cm³/mol. The molecule has 34 heavy (non-hydrogen) atoms. The first-order chi connectivity index (χ1) is 15.8. The number of allylic oxidation sites excluding steroid dienone is 2. The van der Waals surface area contributed by atoms with Crippen molar-refractivity contribution in [1.82, 2.24) is 4.98 Å². The average molecular weight is 490 g/mol. The fourth-order valence-electron chi connectivity index (χ4n) is 4.05. The predicted octanol–water partition coefficient (Wildman–Crippen LogP) is 5.04. The Morgan fingerprint density at radius 3 is 2.53 bits per heavy atom. The van der Waals surface area contributed by atoms with Gasteiger partial charge in [-0.3, -0.25) is 9.59 Å². The molecule has 1 aliphatic heterocycles. The summed E-state index contributed by atoms with van der Waals surface area (Å²) in [6.45, 7) is 12.6. The third-order valence-electron chi connectivity index (χ3n) is 6.65. The SMILES string of the molecule is C/C1=C\C[C@@H](/C(C)=C/c2csc(C)n2)OC(=O)C[C@H](O)C(C)(C)C(=O)[C@H](C)[C@@H](O)[C@@H](C)/C=C/C1. The van der Waals surface area contributed by atoms with E-state index in [1.54, 1.807) is 32.1 Å². The molecule has 2 N–H and O–H groups in total. The molecule has 0 saturated carbocycles. The Kier molecular flexibility index (Phi) is 9.97. The number of aliphatic hydroxyl groups excluding tert-OH is 2. The third kappa shape index (κ3) is 7.45. The summed E-state index contributed by atoms with van der Waals surface area (Å²) >= 11 is 1.56. The minimum atomic E-state index is -1.23. The molecule has 0 amide bonds. The molecule has 2 rings (SSSR count). The maximum atomic E-state index is 13.1. The number of aliphatic hydroxyl groups is 2. The first-order valence-electron chi connectivity index (χ1n) is 11.9. The molecule has 7 heteroatoms. The molecule has 1 aliphatic rings. The normalized spacial score (nSPS) is 32.6. The molecule has 0 spiro atoms. The van der Waals surface area contributed by atoms with Crippen molar-refractivity contribution in [2.24, 2.45) is 17.3 Å². The highest BCUT2D eigenvalue weighted by Crippen LogP contribution is 2.31. The second-order valence-corrected chi connectivity index (χ2v) is 11.1. The molecule has 0 aliphatic carbocycles. The topological polar surface area (TPSA) is 96.7 Å². The standard InChI is InChI=1S/C27H39NO5S/c1-16-9-8-10-17(2)25(31)19(4)26(32)27(6,7)23(29)14-24(30)33-22(12-11-16)18(3)13-21-15-34-20(5)28-21/h8,10-11,13,15,17,19,22-23,25,29,31H,9,12,14H2,1-7H3/b10-8+,16-11+,18-13+/t17-,19+,22-,23-,25-/m0/s1. The molecule has 0 aromatic carbocycles. The highest BCUT2D eigenvalue weighted by atomic mass is 32.1. The quantitative estimate of drug-likeness (QED) is 0.446. The second kappa shape index (κ2) is 12.0. The summed E-state index contributed by atoms with van der Waals surface area (Å²) in [5, 5.41) is 24.4. The van der Waals surface area contributed by atoms with Crippen LogP contribution < -0.4 is 0 Å². The van der Waals surface area contributed by atoms with Crippen LogP contribution in [0.5, 0.6) is 0 Å². The number of aromatic nitrogens is 1. The number of aryl methyl sites for hydroxylation is 1. The van der Waals surface area contributed by atoms with Gasteiger partial charge >= 0.3 is 5.97 Å². The van der Waals surface area contributed by atoms with Crippen LogP contribution >= 0.6 is 11.3 Å². The molecule has 1 aromatic heterocycles. The zero-order valence-electron chi connectivity index (χ0n) is 21.4. The van der Waals surface area contributed by atoms with E-state index in [9.17, 15) is 19.8 Å². The molecular weight excluding hydrogens is 450 g/mol. The molecule has 188 valence electrons. The zero-order valence-corrected chi connectivity index (χ0v) is 22.2. The lowest BCUT2D eigenvalue weighted by atomic mass is 9.73. The van der Waals surface area contributed by atoms with Crippen LogP contribution in [0.2, 0.25) is 0 Å². The van der Waals surface area contributed by atoms with Gasteiger partial charge in [-0.25, -0.2) is 4.98 Å². The van der Waals surface area contributed by atoms with Crippen molar-refractivity contribution in [2.75, 3.05) is 0 Å². The van der Waals surface area contributed by atoms with Crippen molar-refractivity contribution >= 4 is 29.2 Å². The van der Waals surface area contributed by atoms with Gasteiger partial charge in [-0.15, -0.1) is 11.3 Å². The largest absolute Gasteiger partial charge is 0.457 e. The van der Waals surface area contributed by atoms with Crippen LogP contribution in [0.25, 0.3) is 6.08 Å². The van der Waals surface area contributed by atoms with Crippen LogP contribution in [0.3, 0.4) is 0 Å². The molecule has 2 heterocycles. The van der Waals surface area contributed by atoms with Crippen LogP contribution in [0.15, 0.2) is 34.8 Å². The molecule has 1 aromatic rings. The van der Waals surface area contributed by atoms with Crippen LogP contribution in [-0.4, -0.2) is 45.3 Å². The Hall–Kier alpha value is -2.09. The lowest BCUT2D eigenvalue weighted by Crippen LogP contribution is -2.45. The van der Waals surface area contributed by atoms with Gasteiger partial charge in [0.1, 0.15) is 11.9 Å². The number of thiazole rings is 1. The minimum Gasteiger partial charge on any atom is -0.457 e. The number of hydrogen-bond acceptors (Lipinski definition) is 7. The highest BCUT2D eigenvalue weighted by molar-refractivity contribution is 7.09. The van der Waals surface area contributed by atoms with Crippen molar-refractivity contribution in [3.05, 3.63) is 45.5 Å².